The third-order valence-corrected chi connectivity index (χ3v) is 4.44. The van der Waals surface area contributed by atoms with Gasteiger partial charge in [-0.1, -0.05) is 12.1 Å². The van der Waals surface area contributed by atoms with Gasteiger partial charge in [-0.3, -0.25) is 4.98 Å². The van der Waals surface area contributed by atoms with E-state index in [2.05, 4.69) is 56.7 Å². The normalized spacial score (nSPS) is 15.1. The number of benzene rings is 1. The van der Waals surface area contributed by atoms with E-state index in [1.807, 2.05) is 12.1 Å². The molecule has 1 aliphatic rings. The van der Waals surface area contributed by atoms with Crippen LogP contribution in [0, 0.1) is 0 Å². The van der Waals surface area contributed by atoms with E-state index in [4.69, 9.17) is 12.2 Å². The Hall–Kier alpha value is -2.18. The quantitative estimate of drug-likeness (QED) is 0.832. The molecular weight excluding hydrogens is 318 g/mol. The Morgan fingerprint density at radius 2 is 1.71 bits per heavy atom. The highest BCUT2D eigenvalue weighted by Crippen LogP contribution is 2.17. The number of rotatable bonds is 4. The van der Waals surface area contributed by atoms with Gasteiger partial charge in [0.05, 0.1) is 0 Å². The van der Waals surface area contributed by atoms with Crippen LogP contribution >= 0.6 is 12.2 Å². The molecule has 1 aliphatic heterocycles. The van der Waals surface area contributed by atoms with Crippen LogP contribution in [0.2, 0.25) is 0 Å². The lowest BCUT2D eigenvalue weighted by Crippen LogP contribution is -2.44. The lowest BCUT2D eigenvalue weighted by Gasteiger charge is -2.34. The fourth-order valence-electron chi connectivity index (χ4n) is 2.68. The third-order valence-electron chi connectivity index (χ3n) is 4.20. The summed E-state index contributed by atoms with van der Waals surface area (Å²) in [6.45, 7) is 5.14. The second kappa shape index (κ2) is 8.08. The summed E-state index contributed by atoms with van der Waals surface area (Å²) < 4.78 is 0. The fourth-order valence-corrected chi connectivity index (χ4v) is 2.87. The molecular formula is C18H23N5S. The second-order valence-electron chi connectivity index (χ2n) is 6.00. The maximum atomic E-state index is 5.32. The summed E-state index contributed by atoms with van der Waals surface area (Å²) in [5, 5.41) is 6.99. The number of hydrogen-bond donors (Lipinski definition) is 2. The van der Waals surface area contributed by atoms with Crippen LogP contribution in [0.25, 0.3) is 0 Å². The maximum absolute atomic E-state index is 5.32. The number of thiocarbonyl (C=S) groups is 1. The van der Waals surface area contributed by atoms with Gasteiger partial charge >= 0.3 is 0 Å². The summed E-state index contributed by atoms with van der Waals surface area (Å²) in [6, 6.07) is 12.5. The Morgan fingerprint density at radius 3 is 2.38 bits per heavy atom. The Labute approximate surface area is 148 Å². The minimum atomic E-state index is 0.615. The number of pyridine rings is 1. The average molecular weight is 341 g/mol. The lowest BCUT2D eigenvalue weighted by molar-refractivity contribution is 0.313. The molecule has 1 saturated heterocycles. The Morgan fingerprint density at radius 1 is 1.04 bits per heavy atom. The van der Waals surface area contributed by atoms with Gasteiger partial charge in [0.25, 0.3) is 0 Å². The molecule has 0 saturated carbocycles. The molecule has 24 heavy (non-hydrogen) atoms. The minimum Gasteiger partial charge on any atom is -0.369 e. The van der Waals surface area contributed by atoms with E-state index in [0.717, 1.165) is 31.9 Å². The number of piperazine rings is 1. The van der Waals surface area contributed by atoms with Crippen molar-refractivity contribution >= 4 is 28.7 Å². The molecule has 0 amide bonds. The van der Waals surface area contributed by atoms with Crippen LogP contribution in [-0.2, 0) is 6.54 Å². The van der Waals surface area contributed by atoms with Crippen LogP contribution in [0.3, 0.4) is 0 Å². The first-order valence-corrected chi connectivity index (χ1v) is 8.59. The van der Waals surface area contributed by atoms with Crippen LogP contribution < -0.4 is 15.5 Å². The smallest absolute Gasteiger partial charge is 0.171 e. The first-order chi connectivity index (χ1) is 11.7. The summed E-state index contributed by atoms with van der Waals surface area (Å²) in [5.41, 5.74) is 3.45. The summed E-state index contributed by atoms with van der Waals surface area (Å²) in [4.78, 5) is 8.79. The number of likely N-dealkylation sites (N-methyl/N-ethyl adjacent to an activating group) is 1. The van der Waals surface area contributed by atoms with Gasteiger partial charge in [-0.05, 0) is 49.1 Å². The van der Waals surface area contributed by atoms with E-state index in [1.165, 1.54) is 11.3 Å². The van der Waals surface area contributed by atoms with Crippen LogP contribution in [-0.4, -0.2) is 48.2 Å². The number of nitrogens with zero attached hydrogens (tertiary/aromatic N) is 3. The molecule has 0 bridgehead atoms. The van der Waals surface area contributed by atoms with Gasteiger partial charge in [0.2, 0.25) is 0 Å². The average Bonchev–Trinajstić information content (AvgIpc) is 2.62. The number of nitrogens with one attached hydrogen (secondary N) is 2. The molecule has 0 radical (unpaired) electrons. The third kappa shape index (κ3) is 4.66. The molecule has 0 atom stereocenters. The van der Waals surface area contributed by atoms with Gasteiger partial charge in [-0.25, -0.2) is 0 Å². The first-order valence-electron chi connectivity index (χ1n) is 8.18. The van der Waals surface area contributed by atoms with Gasteiger partial charge < -0.3 is 20.4 Å². The van der Waals surface area contributed by atoms with Gasteiger partial charge in [-0.15, -0.1) is 0 Å². The van der Waals surface area contributed by atoms with Crippen molar-refractivity contribution in [1.82, 2.24) is 15.2 Å². The number of aromatic nitrogens is 1. The summed E-state index contributed by atoms with van der Waals surface area (Å²) >= 11 is 5.32. The van der Waals surface area contributed by atoms with Crippen molar-refractivity contribution in [2.45, 2.75) is 6.54 Å². The Kier molecular flexibility index (Phi) is 5.61. The molecule has 2 heterocycles. The van der Waals surface area contributed by atoms with Crippen LogP contribution in [0.15, 0.2) is 48.8 Å². The van der Waals surface area contributed by atoms with Gasteiger partial charge in [0.1, 0.15) is 0 Å². The standard InChI is InChI=1S/C18H23N5S/c1-22-10-12-23(13-11-22)17-4-2-15(3-5-17)14-20-18(24)21-16-6-8-19-9-7-16/h2-9H,10-14H2,1H3,(H2,19,20,21,24). The van der Waals surface area contributed by atoms with E-state index in [1.54, 1.807) is 12.4 Å². The zero-order valence-electron chi connectivity index (χ0n) is 13.9. The highest BCUT2D eigenvalue weighted by molar-refractivity contribution is 7.80. The molecule has 0 unspecified atom stereocenters. The Bertz CT molecular complexity index is 651. The van der Waals surface area contributed by atoms with Crippen molar-refractivity contribution in [2.24, 2.45) is 0 Å². The molecule has 0 aliphatic carbocycles. The van der Waals surface area contributed by atoms with Crippen LogP contribution in [0.1, 0.15) is 5.56 Å². The zero-order valence-corrected chi connectivity index (χ0v) is 14.7. The van der Waals surface area contributed by atoms with E-state index in [0.29, 0.717) is 11.7 Å². The molecule has 5 nitrogen and oxygen atoms in total. The molecule has 6 heteroatoms. The van der Waals surface area contributed by atoms with Crippen molar-refractivity contribution in [3.8, 4) is 0 Å². The molecule has 1 aromatic carbocycles. The van der Waals surface area contributed by atoms with E-state index < -0.39 is 0 Å². The van der Waals surface area contributed by atoms with Crippen molar-refractivity contribution in [2.75, 3.05) is 43.4 Å². The minimum absolute atomic E-state index is 0.615. The second-order valence-corrected chi connectivity index (χ2v) is 6.41. The topological polar surface area (TPSA) is 43.4 Å². The zero-order chi connectivity index (χ0) is 16.8. The number of hydrogen-bond acceptors (Lipinski definition) is 4. The predicted molar refractivity (Wildman–Crippen MR) is 103 cm³/mol. The molecule has 3 rings (SSSR count). The van der Waals surface area contributed by atoms with Crippen molar-refractivity contribution < 1.29 is 0 Å². The molecule has 2 aromatic rings. The molecule has 126 valence electrons. The monoisotopic (exact) mass is 341 g/mol. The van der Waals surface area contributed by atoms with Gasteiger partial charge in [0, 0.05) is 56.5 Å². The molecule has 1 aromatic heterocycles. The first kappa shape index (κ1) is 16.7. The summed E-state index contributed by atoms with van der Waals surface area (Å²) in [7, 11) is 2.18. The molecule has 2 N–H and O–H groups in total. The molecule has 0 spiro atoms. The van der Waals surface area contributed by atoms with E-state index in [-0.39, 0.29) is 0 Å². The molecule has 1 fully saturated rings. The van der Waals surface area contributed by atoms with Gasteiger partial charge in [0.15, 0.2) is 5.11 Å². The maximum Gasteiger partial charge on any atom is 0.171 e. The summed E-state index contributed by atoms with van der Waals surface area (Å²) in [6.07, 6.45) is 3.48. The SMILES string of the molecule is CN1CCN(c2ccc(CNC(=S)Nc3ccncc3)cc2)CC1. The lowest BCUT2D eigenvalue weighted by atomic mass is 10.2. The van der Waals surface area contributed by atoms with Crippen molar-refractivity contribution in [3.05, 3.63) is 54.4 Å². The largest absolute Gasteiger partial charge is 0.369 e. The van der Waals surface area contributed by atoms with Crippen molar-refractivity contribution in [3.63, 3.8) is 0 Å². The Balaban J connectivity index is 1.48. The van der Waals surface area contributed by atoms with E-state index >= 15 is 0 Å². The van der Waals surface area contributed by atoms with Crippen molar-refractivity contribution in [1.29, 1.82) is 0 Å². The fraction of sp³-hybridized carbons (Fsp3) is 0.333. The van der Waals surface area contributed by atoms with Crippen LogP contribution in [0.4, 0.5) is 11.4 Å². The van der Waals surface area contributed by atoms with E-state index in [9.17, 15) is 0 Å². The number of anilines is 2. The predicted octanol–water partition coefficient (Wildman–Crippen LogP) is 2.32. The summed E-state index contributed by atoms with van der Waals surface area (Å²) in [5.74, 6) is 0. The van der Waals surface area contributed by atoms with Gasteiger partial charge in [-0.2, -0.15) is 0 Å². The van der Waals surface area contributed by atoms with Crippen LogP contribution in [0.5, 0.6) is 0 Å². The highest BCUT2D eigenvalue weighted by Gasteiger charge is 2.13. The highest BCUT2D eigenvalue weighted by atomic mass is 32.1.